The summed E-state index contributed by atoms with van der Waals surface area (Å²) in [6.45, 7) is 2.13. The predicted molar refractivity (Wildman–Crippen MR) is 71.4 cm³/mol. The van der Waals surface area contributed by atoms with Gasteiger partial charge in [0.25, 0.3) is 0 Å². The molecule has 0 fully saturated rings. The Bertz CT molecular complexity index is 471. The number of benzene rings is 1. The highest BCUT2D eigenvalue weighted by atomic mass is 16.6. The van der Waals surface area contributed by atoms with Crippen molar-refractivity contribution in [3.05, 3.63) is 29.8 Å². The van der Waals surface area contributed by atoms with Gasteiger partial charge < -0.3 is 19.5 Å². The van der Waals surface area contributed by atoms with E-state index in [9.17, 15) is 4.79 Å². The van der Waals surface area contributed by atoms with Crippen LogP contribution in [0.2, 0.25) is 0 Å². The molecule has 0 saturated heterocycles. The standard InChI is InChI=1S/C14H17NO4/c1-17-7-6-15-14(16)5-3-11-2-4-12-13(10-11)19-9-8-18-12/h2-5,10H,6-9H2,1H3,(H,15,16)/b5-3+. The van der Waals surface area contributed by atoms with E-state index in [-0.39, 0.29) is 5.91 Å². The summed E-state index contributed by atoms with van der Waals surface area (Å²) in [4.78, 5) is 11.5. The van der Waals surface area contributed by atoms with Crippen LogP contribution in [-0.4, -0.2) is 39.4 Å². The summed E-state index contributed by atoms with van der Waals surface area (Å²) in [7, 11) is 1.59. The average Bonchev–Trinajstić information content (AvgIpc) is 2.45. The van der Waals surface area contributed by atoms with Gasteiger partial charge in [-0.15, -0.1) is 0 Å². The van der Waals surface area contributed by atoms with E-state index in [0.717, 1.165) is 11.3 Å². The molecule has 1 N–H and O–H groups in total. The smallest absolute Gasteiger partial charge is 0.244 e. The third-order valence-corrected chi connectivity index (χ3v) is 2.60. The van der Waals surface area contributed by atoms with Crippen molar-refractivity contribution in [1.29, 1.82) is 0 Å². The second-order valence-corrected chi connectivity index (χ2v) is 4.02. The Balaban J connectivity index is 1.93. The van der Waals surface area contributed by atoms with Crippen molar-refractivity contribution in [2.45, 2.75) is 0 Å². The number of amides is 1. The molecule has 1 aromatic carbocycles. The van der Waals surface area contributed by atoms with Crippen LogP contribution in [-0.2, 0) is 9.53 Å². The molecule has 0 aliphatic carbocycles. The van der Waals surface area contributed by atoms with Gasteiger partial charge in [0.2, 0.25) is 5.91 Å². The Morgan fingerprint density at radius 1 is 1.37 bits per heavy atom. The summed E-state index contributed by atoms with van der Waals surface area (Å²) in [5.41, 5.74) is 0.895. The fraction of sp³-hybridized carbons (Fsp3) is 0.357. The Kier molecular flexibility index (Phi) is 4.80. The van der Waals surface area contributed by atoms with Crippen LogP contribution in [0.1, 0.15) is 5.56 Å². The summed E-state index contributed by atoms with van der Waals surface area (Å²) in [6.07, 6.45) is 3.22. The van der Waals surface area contributed by atoms with Crippen molar-refractivity contribution in [1.82, 2.24) is 5.32 Å². The van der Waals surface area contributed by atoms with Crippen LogP contribution in [0, 0.1) is 0 Å². The van der Waals surface area contributed by atoms with Crippen LogP contribution >= 0.6 is 0 Å². The van der Waals surface area contributed by atoms with Crippen LogP contribution < -0.4 is 14.8 Å². The van der Waals surface area contributed by atoms with E-state index < -0.39 is 0 Å². The molecule has 0 radical (unpaired) electrons. The lowest BCUT2D eigenvalue weighted by Gasteiger charge is -2.18. The minimum atomic E-state index is -0.146. The zero-order chi connectivity index (χ0) is 13.5. The molecule has 19 heavy (non-hydrogen) atoms. The van der Waals surface area contributed by atoms with Crippen molar-refractivity contribution in [2.24, 2.45) is 0 Å². The molecule has 5 heteroatoms. The van der Waals surface area contributed by atoms with Gasteiger partial charge in [0.15, 0.2) is 11.5 Å². The molecule has 2 rings (SSSR count). The highest BCUT2D eigenvalue weighted by molar-refractivity contribution is 5.91. The molecule has 1 aromatic rings. The summed E-state index contributed by atoms with van der Waals surface area (Å²) in [5, 5.41) is 2.71. The molecule has 0 unspecified atom stereocenters. The van der Waals surface area contributed by atoms with E-state index in [2.05, 4.69) is 5.32 Å². The lowest BCUT2D eigenvalue weighted by molar-refractivity contribution is -0.116. The number of nitrogens with one attached hydrogen (secondary N) is 1. The van der Waals surface area contributed by atoms with Crippen LogP contribution in [0.4, 0.5) is 0 Å². The summed E-state index contributed by atoms with van der Waals surface area (Å²) in [5.74, 6) is 1.31. The lowest BCUT2D eigenvalue weighted by Crippen LogP contribution is -2.24. The van der Waals surface area contributed by atoms with Gasteiger partial charge >= 0.3 is 0 Å². The second-order valence-electron chi connectivity index (χ2n) is 4.02. The SMILES string of the molecule is COCCNC(=O)/C=C/c1ccc2c(c1)OCCO2. The molecule has 1 amide bonds. The number of hydrogen-bond donors (Lipinski definition) is 1. The average molecular weight is 263 g/mol. The van der Waals surface area contributed by atoms with Crippen molar-refractivity contribution in [3.63, 3.8) is 0 Å². The Labute approximate surface area is 112 Å². The Morgan fingerprint density at radius 2 is 2.16 bits per heavy atom. The first-order valence-corrected chi connectivity index (χ1v) is 6.14. The first kappa shape index (κ1) is 13.4. The molecular formula is C14H17NO4. The maximum atomic E-state index is 11.5. The number of ether oxygens (including phenoxy) is 3. The zero-order valence-electron chi connectivity index (χ0n) is 10.8. The fourth-order valence-corrected chi connectivity index (χ4v) is 1.67. The zero-order valence-corrected chi connectivity index (χ0v) is 10.8. The molecule has 0 atom stereocenters. The van der Waals surface area contributed by atoms with E-state index in [4.69, 9.17) is 14.2 Å². The van der Waals surface area contributed by atoms with Crippen LogP contribution in [0.3, 0.4) is 0 Å². The van der Waals surface area contributed by atoms with E-state index >= 15 is 0 Å². The molecule has 0 spiro atoms. The Morgan fingerprint density at radius 3 is 2.95 bits per heavy atom. The molecule has 0 saturated carbocycles. The third-order valence-electron chi connectivity index (χ3n) is 2.60. The fourth-order valence-electron chi connectivity index (χ4n) is 1.67. The van der Waals surface area contributed by atoms with Gasteiger partial charge in [-0.05, 0) is 23.8 Å². The number of hydrogen-bond acceptors (Lipinski definition) is 4. The number of rotatable bonds is 5. The van der Waals surface area contributed by atoms with Gasteiger partial charge in [-0.1, -0.05) is 6.07 Å². The summed E-state index contributed by atoms with van der Waals surface area (Å²) in [6, 6.07) is 5.58. The highest BCUT2D eigenvalue weighted by Gasteiger charge is 2.10. The maximum absolute atomic E-state index is 11.5. The van der Waals surface area contributed by atoms with Gasteiger partial charge in [0.1, 0.15) is 13.2 Å². The molecular weight excluding hydrogens is 246 g/mol. The van der Waals surface area contributed by atoms with Gasteiger partial charge in [-0.25, -0.2) is 0 Å². The van der Waals surface area contributed by atoms with Crippen molar-refractivity contribution in [3.8, 4) is 11.5 Å². The number of methoxy groups -OCH3 is 1. The van der Waals surface area contributed by atoms with Crippen LogP contribution in [0.5, 0.6) is 11.5 Å². The molecule has 0 bridgehead atoms. The Hall–Kier alpha value is -2.01. The molecule has 1 aliphatic heterocycles. The molecule has 1 heterocycles. The minimum Gasteiger partial charge on any atom is -0.486 e. The molecule has 102 valence electrons. The molecule has 5 nitrogen and oxygen atoms in total. The summed E-state index contributed by atoms with van der Waals surface area (Å²) < 4.78 is 15.7. The van der Waals surface area contributed by atoms with Crippen molar-refractivity contribution in [2.75, 3.05) is 33.5 Å². The second kappa shape index (κ2) is 6.80. The van der Waals surface area contributed by atoms with Gasteiger partial charge in [-0.2, -0.15) is 0 Å². The molecule has 1 aliphatic rings. The number of carbonyl (C=O) groups is 1. The van der Waals surface area contributed by atoms with Crippen LogP contribution in [0.15, 0.2) is 24.3 Å². The summed E-state index contributed by atoms with van der Waals surface area (Å²) >= 11 is 0. The van der Waals surface area contributed by atoms with Gasteiger partial charge in [0, 0.05) is 19.7 Å². The predicted octanol–water partition coefficient (Wildman–Crippen LogP) is 1.23. The van der Waals surface area contributed by atoms with E-state index in [1.54, 1.807) is 13.2 Å². The van der Waals surface area contributed by atoms with Crippen molar-refractivity contribution < 1.29 is 19.0 Å². The highest BCUT2D eigenvalue weighted by Crippen LogP contribution is 2.30. The minimum absolute atomic E-state index is 0.146. The van der Waals surface area contributed by atoms with Crippen molar-refractivity contribution >= 4 is 12.0 Å². The monoisotopic (exact) mass is 263 g/mol. The largest absolute Gasteiger partial charge is 0.486 e. The maximum Gasteiger partial charge on any atom is 0.244 e. The molecule has 0 aromatic heterocycles. The first-order chi connectivity index (χ1) is 9.29. The normalized spacial score (nSPS) is 13.5. The van der Waals surface area contributed by atoms with E-state index in [1.165, 1.54) is 6.08 Å². The first-order valence-electron chi connectivity index (χ1n) is 6.14. The topological polar surface area (TPSA) is 56.8 Å². The van der Waals surface area contributed by atoms with E-state index in [1.807, 2.05) is 18.2 Å². The lowest BCUT2D eigenvalue weighted by atomic mass is 10.2. The third kappa shape index (κ3) is 3.99. The van der Waals surface area contributed by atoms with E-state index in [0.29, 0.717) is 32.1 Å². The van der Waals surface area contributed by atoms with Gasteiger partial charge in [0.05, 0.1) is 6.61 Å². The quantitative estimate of drug-likeness (QED) is 0.641. The number of fused-ring (bicyclic) bond motifs is 1. The van der Waals surface area contributed by atoms with Gasteiger partial charge in [-0.3, -0.25) is 4.79 Å². The number of carbonyl (C=O) groups excluding carboxylic acids is 1. The van der Waals surface area contributed by atoms with Crippen LogP contribution in [0.25, 0.3) is 6.08 Å².